The van der Waals surface area contributed by atoms with Gasteiger partial charge in [0.15, 0.2) is 0 Å². The summed E-state index contributed by atoms with van der Waals surface area (Å²) in [6.45, 7) is 0. The maximum absolute atomic E-state index is 14.0. The highest BCUT2D eigenvalue weighted by Gasteiger charge is 2.48. The predicted octanol–water partition coefficient (Wildman–Crippen LogP) is 5.25. The molecule has 1 aromatic carbocycles. The van der Waals surface area contributed by atoms with Crippen LogP contribution in [0.4, 0.5) is 10.1 Å². The smallest absolute Gasteiger partial charge is 0.147 e. The minimum atomic E-state index is -0.136. The molecule has 0 aromatic heterocycles. The predicted molar refractivity (Wildman–Crippen MR) is 85.8 cm³/mol. The van der Waals surface area contributed by atoms with Crippen molar-refractivity contribution in [3.63, 3.8) is 0 Å². The van der Waals surface area contributed by atoms with E-state index in [2.05, 4.69) is 21.2 Å². The maximum atomic E-state index is 14.0. The van der Waals surface area contributed by atoms with Crippen molar-refractivity contribution in [3.8, 4) is 0 Å². The van der Waals surface area contributed by atoms with Gasteiger partial charge < -0.3 is 5.32 Å². The average Bonchev–Trinajstić information content (AvgIpc) is 2.35. The van der Waals surface area contributed by atoms with E-state index in [0.29, 0.717) is 11.7 Å². The molecule has 0 atom stereocenters. The summed E-state index contributed by atoms with van der Waals surface area (Å²) in [6.07, 6.45) is 6.92. The molecule has 5 rings (SSSR count). The molecule has 1 aromatic rings. The van der Waals surface area contributed by atoms with Crippen LogP contribution in [0.15, 0.2) is 22.7 Å². The number of nitrogens with one attached hydrogen (secondary N) is 1. The molecule has 0 unspecified atom stereocenters. The van der Waals surface area contributed by atoms with E-state index in [1.165, 1.54) is 32.1 Å². The van der Waals surface area contributed by atoms with Crippen molar-refractivity contribution in [1.82, 2.24) is 0 Å². The zero-order valence-electron chi connectivity index (χ0n) is 11.3. The molecule has 0 radical (unpaired) electrons. The van der Waals surface area contributed by atoms with Gasteiger partial charge in [0.05, 0.1) is 5.69 Å². The second-order valence-corrected chi connectivity index (χ2v) is 7.64. The first-order valence-electron chi connectivity index (χ1n) is 7.40. The molecule has 1 N–H and O–H groups in total. The number of benzene rings is 1. The molecule has 4 fully saturated rings. The van der Waals surface area contributed by atoms with Gasteiger partial charge in [-0.25, -0.2) is 4.39 Å². The van der Waals surface area contributed by atoms with E-state index in [1.54, 1.807) is 6.07 Å². The molecule has 4 saturated carbocycles. The summed E-state index contributed by atoms with van der Waals surface area (Å²) in [5.74, 6) is 3.35. The maximum Gasteiger partial charge on any atom is 0.147 e. The highest BCUT2D eigenvalue weighted by Crippen LogP contribution is 2.54. The fourth-order valence-electron chi connectivity index (χ4n) is 4.95. The van der Waals surface area contributed by atoms with Gasteiger partial charge in [-0.3, -0.25) is 0 Å². The van der Waals surface area contributed by atoms with Crippen LogP contribution in [0.2, 0.25) is 0 Å². The summed E-state index contributed by atoms with van der Waals surface area (Å²) in [6, 6.07) is 5.84. The number of anilines is 1. The van der Waals surface area contributed by atoms with E-state index in [9.17, 15) is 4.39 Å². The second kappa shape index (κ2) is 5.49. The van der Waals surface area contributed by atoms with Crippen LogP contribution in [0.25, 0.3) is 0 Å². The van der Waals surface area contributed by atoms with Crippen LogP contribution in [0.3, 0.4) is 0 Å². The highest BCUT2D eigenvalue weighted by molar-refractivity contribution is 9.10. The molecule has 0 aliphatic heterocycles. The Kier molecular flexibility index (Phi) is 4.02. The van der Waals surface area contributed by atoms with Gasteiger partial charge in [-0.05, 0) is 74.0 Å². The van der Waals surface area contributed by atoms with Gasteiger partial charge in [0.2, 0.25) is 0 Å². The quantitative estimate of drug-likeness (QED) is 0.760. The normalized spacial score (nSPS) is 37.6. The third kappa shape index (κ3) is 2.48. The van der Waals surface area contributed by atoms with Gasteiger partial charge in [-0.1, -0.05) is 15.9 Å². The van der Waals surface area contributed by atoms with Crippen LogP contribution in [0.1, 0.15) is 32.1 Å². The Bertz CT molecular complexity index is 479. The SMILES string of the molecule is Cl.Fc1cc(Br)ccc1NC1C2CC3CC(C2)CC1C3. The van der Waals surface area contributed by atoms with Crippen molar-refractivity contribution in [2.45, 2.75) is 38.1 Å². The number of hydrogen-bond acceptors (Lipinski definition) is 1. The molecular formula is C16H20BrClFN. The number of hydrogen-bond donors (Lipinski definition) is 1. The second-order valence-electron chi connectivity index (χ2n) is 6.73. The molecule has 4 heteroatoms. The first kappa shape index (κ1) is 14.6. The van der Waals surface area contributed by atoms with E-state index in [4.69, 9.17) is 0 Å². The van der Waals surface area contributed by atoms with Crippen LogP contribution in [-0.2, 0) is 0 Å². The Labute approximate surface area is 134 Å². The van der Waals surface area contributed by atoms with Crippen molar-refractivity contribution in [1.29, 1.82) is 0 Å². The minimum absolute atomic E-state index is 0. The summed E-state index contributed by atoms with van der Waals surface area (Å²) in [7, 11) is 0. The number of rotatable bonds is 2. The van der Waals surface area contributed by atoms with Crippen LogP contribution in [0, 0.1) is 29.5 Å². The van der Waals surface area contributed by atoms with Crippen molar-refractivity contribution in [3.05, 3.63) is 28.5 Å². The van der Waals surface area contributed by atoms with E-state index >= 15 is 0 Å². The average molecular weight is 361 g/mol. The molecule has 0 saturated heterocycles. The fraction of sp³-hybridized carbons (Fsp3) is 0.625. The molecule has 0 spiro atoms. The first-order valence-corrected chi connectivity index (χ1v) is 8.20. The Balaban J connectivity index is 0.00000121. The zero-order valence-corrected chi connectivity index (χ0v) is 13.7. The van der Waals surface area contributed by atoms with E-state index in [0.717, 1.165) is 28.1 Å². The van der Waals surface area contributed by atoms with E-state index in [-0.39, 0.29) is 18.2 Å². The zero-order chi connectivity index (χ0) is 13.0. The molecule has 4 aliphatic rings. The summed E-state index contributed by atoms with van der Waals surface area (Å²) < 4.78 is 14.8. The summed E-state index contributed by atoms with van der Waals surface area (Å²) in [5.41, 5.74) is 0.681. The third-order valence-electron chi connectivity index (χ3n) is 5.48. The monoisotopic (exact) mass is 359 g/mol. The first-order chi connectivity index (χ1) is 9.19. The van der Waals surface area contributed by atoms with Gasteiger partial charge in [0, 0.05) is 10.5 Å². The van der Waals surface area contributed by atoms with Crippen LogP contribution < -0.4 is 5.32 Å². The van der Waals surface area contributed by atoms with Crippen LogP contribution in [-0.4, -0.2) is 6.04 Å². The summed E-state index contributed by atoms with van der Waals surface area (Å²) in [5, 5.41) is 3.52. The topological polar surface area (TPSA) is 12.0 Å². The molecule has 1 nitrogen and oxygen atoms in total. The van der Waals surface area contributed by atoms with Gasteiger partial charge in [0.25, 0.3) is 0 Å². The van der Waals surface area contributed by atoms with E-state index < -0.39 is 0 Å². The molecular weight excluding hydrogens is 341 g/mol. The van der Waals surface area contributed by atoms with Gasteiger partial charge in [-0.2, -0.15) is 0 Å². The molecule has 4 bridgehead atoms. The van der Waals surface area contributed by atoms with Crippen molar-refractivity contribution >= 4 is 34.0 Å². The van der Waals surface area contributed by atoms with E-state index in [1.807, 2.05) is 12.1 Å². The lowest BCUT2D eigenvalue weighted by Gasteiger charge is -2.54. The summed E-state index contributed by atoms with van der Waals surface area (Å²) >= 11 is 3.32. The molecule has 20 heavy (non-hydrogen) atoms. The van der Waals surface area contributed by atoms with Crippen molar-refractivity contribution < 1.29 is 4.39 Å². The largest absolute Gasteiger partial charge is 0.379 e. The molecule has 0 heterocycles. The fourth-order valence-corrected chi connectivity index (χ4v) is 5.28. The lowest BCUT2D eigenvalue weighted by Crippen LogP contribution is -2.51. The molecule has 0 amide bonds. The third-order valence-corrected chi connectivity index (χ3v) is 5.97. The Morgan fingerprint density at radius 1 is 1.00 bits per heavy atom. The lowest BCUT2D eigenvalue weighted by atomic mass is 9.54. The van der Waals surface area contributed by atoms with Gasteiger partial charge in [0.1, 0.15) is 5.82 Å². The minimum Gasteiger partial charge on any atom is -0.379 e. The van der Waals surface area contributed by atoms with Crippen LogP contribution in [0.5, 0.6) is 0 Å². The van der Waals surface area contributed by atoms with Crippen molar-refractivity contribution in [2.24, 2.45) is 23.7 Å². The Hall–Kier alpha value is -0.280. The van der Waals surface area contributed by atoms with Gasteiger partial charge in [-0.15, -0.1) is 12.4 Å². The standard InChI is InChI=1S/C16H19BrFN.ClH/c17-13-1-2-15(14(18)8-13)19-16-11-4-9-3-10(6-11)7-12(16)5-9;/h1-2,8-12,16,19H,3-7H2;1H. The number of halogens is 3. The highest BCUT2D eigenvalue weighted by atomic mass is 79.9. The lowest BCUT2D eigenvalue weighted by molar-refractivity contribution is 0.00744. The molecule has 4 aliphatic carbocycles. The Morgan fingerprint density at radius 2 is 1.60 bits per heavy atom. The van der Waals surface area contributed by atoms with Gasteiger partial charge >= 0.3 is 0 Å². The summed E-state index contributed by atoms with van der Waals surface area (Å²) in [4.78, 5) is 0. The molecule has 110 valence electrons. The van der Waals surface area contributed by atoms with Crippen molar-refractivity contribution in [2.75, 3.05) is 5.32 Å². The van der Waals surface area contributed by atoms with Crippen LogP contribution >= 0.6 is 28.3 Å². The Morgan fingerprint density at radius 3 is 2.15 bits per heavy atom.